The molecule has 0 saturated carbocycles. The van der Waals surface area contributed by atoms with E-state index in [1.165, 1.54) is 35.4 Å². The molecule has 0 aliphatic heterocycles. The molecular formula is C27H31ClFN7O3Si. The van der Waals surface area contributed by atoms with Gasteiger partial charge in [-0.3, -0.25) is 9.78 Å². The highest BCUT2D eigenvalue weighted by molar-refractivity contribution is 6.76. The molecule has 0 fully saturated rings. The van der Waals surface area contributed by atoms with Gasteiger partial charge in [0.25, 0.3) is 5.91 Å². The van der Waals surface area contributed by atoms with Crippen molar-refractivity contribution in [1.82, 2.24) is 19.7 Å². The van der Waals surface area contributed by atoms with Gasteiger partial charge in [-0.25, -0.2) is 14.1 Å². The van der Waals surface area contributed by atoms with Crippen molar-refractivity contribution < 1.29 is 18.7 Å². The minimum atomic E-state index is -1.31. The largest absolute Gasteiger partial charge is 0.487 e. The van der Waals surface area contributed by atoms with E-state index in [9.17, 15) is 9.18 Å². The second-order valence-corrected chi connectivity index (χ2v) is 16.3. The standard InChI is InChI=1S/C27H31ClFN7O3Si/c1-40(2,3)11-10-38-16-36-27(34-23-14-32-8-9-33-23)24(26(31)37)25(35-36)18-5-7-21(30)22(13-18)39-15-17-4-6-20(29)19(28)12-17/h4-9,12-14H,10-11,15-16,30H2,1-3H3,(H2,31,37)(H,33,34). The van der Waals surface area contributed by atoms with Crippen LogP contribution in [-0.4, -0.2) is 40.3 Å². The van der Waals surface area contributed by atoms with Crippen LogP contribution in [0.3, 0.4) is 0 Å². The lowest BCUT2D eigenvalue weighted by Gasteiger charge is -2.16. The summed E-state index contributed by atoms with van der Waals surface area (Å²) >= 11 is 5.89. The quantitative estimate of drug-likeness (QED) is 0.113. The van der Waals surface area contributed by atoms with Gasteiger partial charge in [-0.2, -0.15) is 5.10 Å². The van der Waals surface area contributed by atoms with Gasteiger partial charge in [-0.05, 0) is 35.9 Å². The molecule has 10 nitrogen and oxygen atoms in total. The number of nitrogen functional groups attached to an aromatic ring is 1. The maximum Gasteiger partial charge on any atom is 0.254 e. The van der Waals surface area contributed by atoms with Crippen LogP contribution in [0.5, 0.6) is 5.75 Å². The second-order valence-electron chi connectivity index (χ2n) is 10.3. The molecule has 13 heteroatoms. The van der Waals surface area contributed by atoms with Crippen molar-refractivity contribution in [2.45, 2.75) is 39.0 Å². The number of amides is 1. The summed E-state index contributed by atoms with van der Waals surface area (Å²) in [5.74, 6) is -0.153. The number of nitrogens with two attached hydrogens (primary N) is 2. The van der Waals surface area contributed by atoms with Crippen molar-refractivity contribution in [1.29, 1.82) is 0 Å². The van der Waals surface area contributed by atoms with Crippen molar-refractivity contribution in [2.75, 3.05) is 17.7 Å². The topological polar surface area (TPSA) is 143 Å². The van der Waals surface area contributed by atoms with Gasteiger partial charge in [-0.15, -0.1) is 0 Å². The van der Waals surface area contributed by atoms with Crippen molar-refractivity contribution in [2.24, 2.45) is 5.73 Å². The minimum Gasteiger partial charge on any atom is -0.487 e. The Morgan fingerprint density at radius 3 is 2.65 bits per heavy atom. The van der Waals surface area contributed by atoms with Crippen molar-refractivity contribution in [3.05, 3.63) is 77.0 Å². The summed E-state index contributed by atoms with van der Waals surface area (Å²) in [4.78, 5) is 21.1. The first-order valence-corrected chi connectivity index (χ1v) is 16.6. The zero-order chi connectivity index (χ0) is 28.9. The van der Waals surface area contributed by atoms with Gasteiger partial charge in [0.05, 0.1) is 16.9 Å². The third-order valence-corrected chi connectivity index (χ3v) is 7.88. The number of carbonyl (C=O) groups is 1. The molecule has 0 aliphatic rings. The summed E-state index contributed by atoms with van der Waals surface area (Å²) in [6.07, 6.45) is 4.58. The molecule has 0 aliphatic carbocycles. The monoisotopic (exact) mass is 583 g/mol. The summed E-state index contributed by atoms with van der Waals surface area (Å²) in [5.41, 5.74) is 14.0. The van der Waals surface area contributed by atoms with Gasteiger partial charge >= 0.3 is 0 Å². The van der Waals surface area contributed by atoms with Crippen LogP contribution in [0.4, 0.5) is 21.7 Å². The molecule has 4 aromatic rings. The molecule has 4 rings (SSSR count). The van der Waals surface area contributed by atoms with Crippen LogP contribution in [0.25, 0.3) is 11.3 Å². The Morgan fingerprint density at radius 2 is 1.98 bits per heavy atom. The Labute approximate surface area is 237 Å². The molecule has 2 aromatic heterocycles. The maximum atomic E-state index is 13.5. The molecule has 0 atom stereocenters. The predicted octanol–water partition coefficient (Wildman–Crippen LogP) is 5.45. The number of nitrogens with zero attached hydrogens (tertiary/aromatic N) is 4. The molecule has 0 saturated heterocycles. The van der Waals surface area contributed by atoms with Crippen LogP contribution in [-0.2, 0) is 18.1 Å². The first-order chi connectivity index (χ1) is 19.0. The third kappa shape index (κ3) is 7.34. The van der Waals surface area contributed by atoms with E-state index >= 15 is 0 Å². The van der Waals surface area contributed by atoms with Crippen LogP contribution in [0, 0.1) is 5.82 Å². The number of ether oxygens (including phenoxy) is 2. The van der Waals surface area contributed by atoms with Crippen LogP contribution in [0.15, 0.2) is 55.0 Å². The summed E-state index contributed by atoms with van der Waals surface area (Å²) in [6, 6.07) is 10.3. The summed E-state index contributed by atoms with van der Waals surface area (Å²) < 4.78 is 26.9. The minimum absolute atomic E-state index is 0.00494. The zero-order valence-corrected chi connectivity index (χ0v) is 24.2. The van der Waals surface area contributed by atoms with Gasteiger partial charge < -0.3 is 26.3 Å². The predicted molar refractivity (Wildman–Crippen MR) is 156 cm³/mol. The smallest absolute Gasteiger partial charge is 0.254 e. The summed E-state index contributed by atoms with van der Waals surface area (Å²) in [7, 11) is -1.31. The molecular weight excluding hydrogens is 553 g/mol. The van der Waals surface area contributed by atoms with Gasteiger partial charge in [0.2, 0.25) is 0 Å². The van der Waals surface area contributed by atoms with E-state index < -0.39 is 19.8 Å². The molecule has 1 amide bonds. The Kier molecular flexibility index (Phi) is 9.02. The van der Waals surface area contributed by atoms with Crippen LogP contribution < -0.4 is 21.5 Å². The van der Waals surface area contributed by atoms with Crippen LogP contribution in [0.1, 0.15) is 15.9 Å². The van der Waals surface area contributed by atoms with Gasteiger partial charge in [0, 0.05) is 32.6 Å². The van der Waals surface area contributed by atoms with Crippen LogP contribution >= 0.6 is 11.6 Å². The van der Waals surface area contributed by atoms with E-state index in [2.05, 4.69) is 40.0 Å². The Bertz CT molecular complexity index is 1500. The average Bonchev–Trinajstić information content (AvgIpc) is 3.26. The van der Waals surface area contributed by atoms with Gasteiger partial charge in [0.15, 0.2) is 0 Å². The molecule has 0 bridgehead atoms. The third-order valence-electron chi connectivity index (χ3n) is 5.88. The SMILES string of the molecule is C[Si](C)(C)CCOCn1nc(-c2ccc(N)c(OCc3ccc(F)c(Cl)c3)c2)c(C(N)=O)c1Nc1cnccn1. The molecule has 0 radical (unpaired) electrons. The zero-order valence-electron chi connectivity index (χ0n) is 22.4. The van der Waals surface area contributed by atoms with E-state index in [1.807, 2.05) is 0 Å². The molecule has 210 valence electrons. The van der Waals surface area contributed by atoms with E-state index in [0.29, 0.717) is 46.5 Å². The highest BCUT2D eigenvalue weighted by Gasteiger charge is 2.25. The Hall–Kier alpha value is -4.00. The average molecular weight is 584 g/mol. The number of halogens is 2. The highest BCUT2D eigenvalue weighted by atomic mass is 35.5. The fraction of sp³-hybridized carbons (Fsp3) is 0.259. The molecule has 2 heterocycles. The number of primary amides is 1. The normalized spacial score (nSPS) is 11.4. The summed E-state index contributed by atoms with van der Waals surface area (Å²) in [5, 5.41) is 7.78. The summed E-state index contributed by atoms with van der Waals surface area (Å²) in [6.45, 7) is 7.51. The number of hydrogen-bond acceptors (Lipinski definition) is 8. The maximum absolute atomic E-state index is 13.5. The molecule has 40 heavy (non-hydrogen) atoms. The fourth-order valence-corrected chi connectivity index (χ4v) is 4.69. The lowest BCUT2D eigenvalue weighted by molar-refractivity contribution is 0.0802. The van der Waals surface area contributed by atoms with Crippen molar-refractivity contribution >= 4 is 42.9 Å². The molecule has 0 unspecified atom stereocenters. The van der Waals surface area contributed by atoms with E-state index in [0.717, 1.165) is 6.04 Å². The van der Waals surface area contributed by atoms with E-state index in [-0.39, 0.29) is 23.9 Å². The van der Waals surface area contributed by atoms with E-state index in [4.69, 9.17) is 32.5 Å². The molecule has 0 spiro atoms. The Morgan fingerprint density at radius 1 is 1.18 bits per heavy atom. The van der Waals surface area contributed by atoms with Crippen LogP contribution in [0.2, 0.25) is 30.7 Å². The number of aromatic nitrogens is 4. The van der Waals surface area contributed by atoms with Gasteiger partial charge in [-0.1, -0.05) is 43.4 Å². The number of benzene rings is 2. The number of nitrogens with one attached hydrogen (secondary N) is 1. The molecule has 5 N–H and O–H groups in total. The highest BCUT2D eigenvalue weighted by Crippen LogP contribution is 2.35. The molecule has 2 aromatic carbocycles. The van der Waals surface area contributed by atoms with Crippen molar-refractivity contribution in [3.63, 3.8) is 0 Å². The number of rotatable bonds is 12. The number of carbonyl (C=O) groups excluding carboxylic acids is 1. The lowest BCUT2D eigenvalue weighted by Crippen LogP contribution is -2.22. The Balaban J connectivity index is 1.68. The van der Waals surface area contributed by atoms with Crippen molar-refractivity contribution in [3.8, 4) is 17.0 Å². The number of hydrogen-bond donors (Lipinski definition) is 3. The lowest BCUT2D eigenvalue weighted by atomic mass is 10.1. The van der Waals surface area contributed by atoms with Gasteiger partial charge in [0.1, 0.15) is 47.8 Å². The number of anilines is 3. The first kappa shape index (κ1) is 29.0. The fourth-order valence-electron chi connectivity index (χ4n) is 3.73. The second kappa shape index (κ2) is 12.5. The first-order valence-electron chi connectivity index (χ1n) is 12.5. The van der Waals surface area contributed by atoms with E-state index in [1.54, 1.807) is 24.3 Å².